The summed E-state index contributed by atoms with van der Waals surface area (Å²) < 4.78 is 4.86. The number of carbonyl (C=O) groups is 1. The Morgan fingerprint density at radius 3 is 2.80 bits per heavy atom. The van der Waals surface area contributed by atoms with Gasteiger partial charge in [-0.05, 0) is 42.5 Å². The first-order valence-electron chi connectivity index (χ1n) is 7.18. The van der Waals surface area contributed by atoms with Crippen molar-refractivity contribution in [1.29, 1.82) is 0 Å². The molecular weight excluding hydrogens is 270 g/mol. The summed E-state index contributed by atoms with van der Waals surface area (Å²) in [6.45, 7) is 4.08. The minimum absolute atomic E-state index is 0.188. The van der Waals surface area contributed by atoms with Crippen molar-refractivity contribution in [3.8, 4) is 0 Å². The van der Waals surface area contributed by atoms with Crippen LogP contribution in [-0.2, 0) is 22.4 Å². The van der Waals surface area contributed by atoms with E-state index in [0.717, 1.165) is 0 Å². The normalized spacial score (nSPS) is 15.2. The van der Waals surface area contributed by atoms with Gasteiger partial charge in [-0.1, -0.05) is 19.9 Å². The van der Waals surface area contributed by atoms with E-state index < -0.39 is 0 Å². The van der Waals surface area contributed by atoms with Crippen molar-refractivity contribution in [1.82, 2.24) is 5.32 Å². The van der Waals surface area contributed by atoms with Gasteiger partial charge in [-0.25, -0.2) is 0 Å². The SMILES string of the molecule is COC(=O)C(CSc1ccc2c(c1)CCC2)NC(C)C. The fourth-order valence-corrected chi connectivity index (χ4v) is 3.53. The molecule has 4 heteroatoms. The number of ether oxygens (including phenoxy) is 1. The molecule has 0 bridgehead atoms. The standard InChI is InChI=1S/C16H23NO2S/c1-11(2)17-15(16(18)19-3)10-20-14-8-7-12-5-4-6-13(12)9-14/h7-9,11,15,17H,4-6,10H2,1-3H3. The summed E-state index contributed by atoms with van der Waals surface area (Å²) in [5.74, 6) is 0.510. The molecule has 2 rings (SSSR count). The lowest BCUT2D eigenvalue weighted by Crippen LogP contribution is -2.43. The Labute approximate surface area is 125 Å². The second-order valence-electron chi connectivity index (χ2n) is 5.49. The zero-order chi connectivity index (χ0) is 14.5. The highest BCUT2D eigenvalue weighted by molar-refractivity contribution is 7.99. The van der Waals surface area contributed by atoms with Crippen molar-refractivity contribution in [2.75, 3.05) is 12.9 Å². The van der Waals surface area contributed by atoms with Crippen LogP contribution in [0.5, 0.6) is 0 Å². The largest absolute Gasteiger partial charge is 0.468 e. The molecule has 1 aliphatic rings. The summed E-state index contributed by atoms with van der Waals surface area (Å²) in [4.78, 5) is 13.0. The topological polar surface area (TPSA) is 38.3 Å². The average molecular weight is 293 g/mol. The lowest BCUT2D eigenvalue weighted by atomic mass is 10.1. The highest BCUT2D eigenvalue weighted by Crippen LogP contribution is 2.28. The molecule has 1 atom stereocenters. The molecule has 0 amide bonds. The molecule has 1 aliphatic carbocycles. The molecule has 1 aromatic rings. The van der Waals surface area contributed by atoms with Gasteiger partial charge in [0.05, 0.1) is 7.11 Å². The van der Waals surface area contributed by atoms with Crippen molar-refractivity contribution in [3.05, 3.63) is 29.3 Å². The van der Waals surface area contributed by atoms with Crippen LogP contribution in [0.2, 0.25) is 0 Å². The number of thioether (sulfide) groups is 1. The number of hydrogen-bond donors (Lipinski definition) is 1. The first kappa shape index (κ1) is 15.4. The first-order chi connectivity index (χ1) is 9.60. The van der Waals surface area contributed by atoms with E-state index in [1.165, 1.54) is 42.4 Å². The van der Waals surface area contributed by atoms with Gasteiger partial charge in [-0.3, -0.25) is 4.79 Å². The third-order valence-corrected chi connectivity index (χ3v) is 4.59. The molecule has 1 N–H and O–H groups in total. The van der Waals surface area contributed by atoms with Crippen LogP contribution in [0, 0.1) is 0 Å². The summed E-state index contributed by atoms with van der Waals surface area (Å²) in [5, 5.41) is 3.26. The monoisotopic (exact) mass is 293 g/mol. The molecule has 0 radical (unpaired) electrons. The maximum Gasteiger partial charge on any atom is 0.323 e. The van der Waals surface area contributed by atoms with Gasteiger partial charge in [0.2, 0.25) is 0 Å². The Kier molecular flexibility index (Phi) is 5.49. The van der Waals surface area contributed by atoms with Crippen LogP contribution in [0.4, 0.5) is 0 Å². The van der Waals surface area contributed by atoms with Crippen LogP contribution >= 0.6 is 11.8 Å². The first-order valence-corrected chi connectivity index (χ1v) is 8.17. The minimum Gasteiger partial charge on any atom is -0.468 e. The van der Waals surface area contributed by atoms with E-state index in [-0.39, 0.29) is 18.1 Å². The summed E-state index contributed by atoms with van der Waals surface area (Å²) in [5.41, 5.74) is 2.96. The average Bonchev–Trinajstić information content (AvgIpc) is 2.89. The molecular formula is C16H23NO2S. The van der Waals surface area contributed by atoms with Crippen LogP contribution in [0.1, 0.15) is 31.4 Å². The predicted molar refractivity (Wildman–Crippen MR) is 83.3 cm³/mol. The zero-order valence-corrected chi connectivity index (χ0v) is 13.3. The van der Waals surface area contributed by atoms with E-state index >= 15 is 0 Å². The molecule has 1 unspecified atom stereocenters. The Bertz CT molecular complexity index is 474. The van der Waals surface area contributed by atoms with Gasteiger partial charge in [-0.2, -0.15) is 0 Å². The van der Waals surface area contributed by atoms with E-state index in [4.69, 9.17) is 4.74 Å². The summed E-state index contributed by atoms with van der Waals surface area (Å²) >= 11 is 1.72. The highest BCUT2D eigenvalue weighted by Gasteiger charge is 2.20. The van der Waals surface area contributed by atoms with Crippen molar-refractivity contribution in [2.45, 2.75) is 50.1 Å². The fraction of sp³-hybridized carbons (Fsp3) is 0.562. The molecule has 0 aromatic heterocycles. The van der Waals surface area contributed by atoms with Crippen molar-refractivity contribution in [2.24, 2.45) is 0 Å². The zero-order valence-electron chi connectivity index (χ0n) is 12.4. The molecule has 0 saturated heterocycles. The number of methoxy groups -OCH3 is 1. The minimum atomic E-state index is -0.252. The Morgan fingerprint density at radius 1 is 1.35 bits per heavy atom. The third-order valence-electron chi connectivity index (χ3n) is 3.51. The number of fused-ring (bicyclic) bond motifs is 1. The highest BCUT2D eigenvalue weighted by atomic mass is 32.2. The Hall–Kier alpha value is -1.00. The van der Waals surface area contributed by atoms with Crippen LogP contribution in [-0.4, -0.2) is 30.9 Å². The molecule has 0 spiro atoms. The smallest absolute Gasteiger partial charge is 0.323 e. The fourth-order valence-electron chi connectivity index (χ4n) is 2.55. The van der Waals surface area contributed by atoms with Gasteiger partial charge in [0.15, 0.2) is 0 Å². The summed E-state index contributed by atoms with van der Waals surface area (Å²) in [6, 6.07) is 6.68. The van der Waals surface area contributed by atoms with Gasteiger partial charge in [0, 0.05) is 16.7 Å². The summed E-state index contributed by atoms with van der Waals surface area (Å²) in [6.07, 6.45) is 3.66. The van der Waals surface area contributed by atoms with E-state index in [9.17, 15) is 4.79 Å². The van der Waals surface area contributed by atoms with Crippen LogP contribution < -0.4 is 5.32 Å². The lowest BCUT2D eigenvalue weighted by molar-refractivity contribution is -0.142. The van der Waals surface area contributed by atoms with Gasteiger partial charge < -0.3 is 10.1 Å². The molecule has 110 valence electrons. The third kappa shape index (κ3) is 4.00. The Morgan fingerprint density at radius 2 is 2.10 bits per heavy atom. The summed E-state index contributed by atoms with van der Waals surface area (Å²) in [7, 11) is 1.44. The second-order valence-corrected chi connectivity index (χ2v) is 6.59. The van der Waals surface area contributed by atoms with Crippen LogP contribution in [0.25, 0.3) is 0 Å². The number of nitrogens with one attached hydrogen (secondary N) is 1. The van der Waals surface area contributed by atoms with Crippen molar-refractivity contribution >= 4 is 17.7 Å². The molecule has 20 heavy (non-hydrogen) atoms. The van der Waals surface area contributed by atoms with Gasteiger partial charge in [-0.15, -0.1) is 11.8 Å². The molecule has 0 fully saturated rings. The molecule has 0 heterocycles. The van der Waals surface area contributed by atoms with E-state index in [1.54, 1.807) is 11.8 Å². The maximum absolute atomic E-state index is 11.8. The quantitative estimate of drug-likeness (QED) is 0.646. The maximum atomic E-state index is 11.8. The Balaban J connectivity index is 1.96. The van der Waals surface area contributed by atoms with E-state index in [1.807, 2.05) is 13.8 Å². The number of hydrogen-bond acceptors (Lipinski definition) is 4. The predicted octanol–water partition coefficient (Wildman–Crippen LogP) is 2.81. The molecule has 0 aliphatic heterocycles. The molecule has 0 saturated carbocycles. The number of rotatable bonds is 6. The number of aryl methyl sites for hydroxylation is 2. The number of esters is 1. The number of benzene rings is 1. The van der Waals surface area contributed by atoms with Crippen LogP contribution in [0.3, 0.4) is 0 Å². The lowest BCUT2D eigenvalue weighted by Gasteiger charge is -2.18. The second kappa shape index (κ2) is 7.14. The molecule has 1 aromatic carbocycles. The van der Waals surface area contributed by atoms with Crippen molar-refractivity contribution < 1.29 is 9.53 Å². The van der Waals surface area contributed by atoms with Gasteiger partial charge >= 0.3 is 5.97 Å². The van der Waals surface area contributed by atoms with Crippen LogP contribution in [0.15, 0.2) is 23.1 Å². The van der Waals surface area contributed by atoms with Gasteiger partial charge in [0.1, 0.15) is 6.04 Å². The van der Waals surface area contributed by atoms with E-state index in [2.05, 4.69) is 23.5 Å². The molecule has 3 nitrogen and oxygen atoms in total. The van der Waals surface area contributed by atoms with Crippen molar-refractivity contribution in [3.63, 3.8) is 0 Å². The van der Waals surface area contributed by atoms with Gasteiger partial charge in [0.25, 0.3) is 0 Å². The van der Waals surface area contributed by atoms with E-state index in [0.29, 0.717) is 5.75 Å². The number of carbonyl (C=O) groups excluding carboxylic acids is 1.